The number of carboxylic acids is 4. The molecule has 2 aromatic carbocycles. The van der Waals surface area contributed by atoms with Crippen molar-refractivity contribution in [1.82, 2.24) is 31.9 Å². The smallest absolute Gasteiger partial charge is 0.335 e. The second-order valence-corrected chi connectivity index (χ2v) is 30.1. The summed E-state index contributed by atoms with van der Waals surface area (Å²) in [6, 6.07) is 10.3. The van der Waals surface area contributed by atoms with Crippen LogP contribution in [-0.4, -0.2) is 260 Å². The maximum atomic E-state index is 12.3. The zero-order chi connectivity index (χ0) is 91.9. The quantitative estimate of drug-likeness (QED) is 0.0275. The van der Waals surface area contributed by atoms with Gasteiger partial charge in [-0.2, -0.15) is 0 Å². The SMILES string of the molecule is C.CC(=O)[C@@H](C)CCCCNC(=O)COCCOCCCC(=O)COCCOCCNC(=O)CC[C@H](NC(=O)CCCCCCCCCOc1ccc(C(=O)O)cc1)C(=O)O.CCCCCC[C@H](C)C(C)=O.CCNC(=O)COCCOCCNC(=O)COCCOCCCC(=O)CC[C@H](NC(=O)CCCCCCCCCOc1ccc(C(=O)O)cc1)C(=O)O. The first-order chi connectivity index (χ1) is 59.7. The molecule has 6 amide bonds. The van der Waals surface area contributed by atoms with Crippen LogP contribution < -0.4 is 41.4 Å². The van der Waals surface area contributed by atoms with Gasteiger partial charge in [0.1, 0.15) is 67.4 Å². The van der Waals surface area contributed by atoms with E-state index in [1.54, 1.807) is 38.1 Å². The second-order valence-electron chi connectivity index (χ2n) is 30.1. The van der Waals surface area contributed by atoms with E-state index in [1.807, 2.05) is 20.8 Å². The third kappa shape index (κ3) is 75.0. The van der Waals surface area contributed by atoms with Gasteiger partial charge in [-0.15, -0.1) is 0 Å². The standard InChI is InChI=1S/C43H69N3O14.C37H59N3O13.C10H20O.CH4/c1-33(34(2)47)13-9-10-22-44-41(51)32-59-30-27-56-24-12-14-36(48)31-58-29-28-57-26-23-45-39(49)21-20-38(43(54)55)46-40(50)15-8-6-4-3-5-7-11-25-60-37-18-16-35(17-19-37)42(52)53;1-2-38-34(43)27-51-26-24-50-22-19-39-35(44)28-52-25-23-49-20-10-11-30(41)15-18-32(37(47)48)40-33(42)12-8-6-4-3-5-7-9-21-53-31-16-13-29(14-17-31)36(45)46;1-4-5-6-7-8-9(2)10(3)11;/h16-19,33,38H,3-15,20-32H2,1-2H3,(H,44,51)(H,45,49)(H,46,50)(H,52,53)(H,54,55);13-14,16-17,32H,2-12,15,18-28H2,1H3,(H,38,43)(H,39,44)(H,40,42)(H,45,46)(H,47,48);9H,4-8H2,1-3H3;1H4/t33-,38-;32-;9-;/m000./s1. The molecule has 0 bridgehead atoms. The van der Waals surface area contributed by atoms with Crippen LogP contribution in [0.1, 0.15) is 275 Å². The van der Waals surface area contributed by atoms with Crippen molar-refractivity contribution in [2.45, 2.75) is 267 Å². The van der Waals surface area contributed by atoms with E-state index in [9.17, 15) is 77.3 Å². The van der Waals surface area contributed by atoms with Crippen molar-refractivity contribution in [3.8, 4) is 11.5 Å². The molecule has 0 fully saturated rings. The van der Waals surface area contributed by atoms with E-state index in [-0.39, 0.29) is 207 Å². The summed E-state index contributed by atoms with van der Waals surface area (Å²) in [6.45, 7) is 16.9. The molecule has 125 heavy (non-hydrogen) atoms. The molecule has 0 aliphatic heterocycles. The van der Waals surface area contributed by atoms with Crippen molar-refractivity contribution in [2.24, 2.45) is 11.8 Å². The molecular formula is C91H152N6O28. The molecule has 2 aromatic rings. The Balaban J connectivity index is 0. The number of hydrogen-bond acceptors (Lipinski definition) is 24. The molecule has 0 saturated heterocycles. The topological polar surface area (TPSA) is 484 Å². The monoisotopic (exact) mass is 1780 g/mol. The average molecular weight is 1780 g/mol. The highest BCUT2D eigenvalue weighted by Crippen LogP contribution is 2.18. The second kappa shape index (κ2) is 82.1. The zero-order valence-electron chi connectivity index (χ0n) is 74.7. The Hall–Kier alpha value is -8.90. The van der Waals surface area contributed by atoms with E-state index < -0.39 is 36.0 Å². The maximum Gasteiger partial charge on any atom is 0.335 e. The number of carbonyl (C=O) groups excluding carboxylic acids is 10. The van der Waals surface area contributed by atoms with Gasteiger partial charge in [-0.1, -0.05) is 125 Å². The van der Waals surface area contributed by atoms with Crippen LogP contribution in [0.4, 0.5) is 0 Å². The Kier molecular flexibility index (Phi) is 77.6. The number of rotatable bonds is 81. The first-order valence-electron chi connectivity index (χ1n) is 44.4. The maximum absolute atomic E-state index is 12.3. The molecule has 34 nitrogen and oxygen atoms in total. The van der Waals surface area contributed by atoms with E-state index in [2.05, 4.69) is 38.8 Å². The minimum absolute atomic E-state index is 0. The number of carbonyl (C=O) groups is 14. The molecule has 0 radical (unpaired) electrons. The normalized spacial score (nSPS) is 11.7. The first-order valence-corrected chi connectivity index (χ1v) is 44.4. The molecule has 0 aliphatic rings. The van der Waals surface area contributed by atoms with Crippen LogP contribution >= 0.6 is 0 Å². The van der Waals surface area contributed by atoms with E-state index in [0.29, 0.717) is 115 Å². The van der Waals surface area contributed by atoms with Crippen LogP contribution in [0.5, 0.6) is 11.5 Å². The highest BCUT2D eigenvalue weighted by atomic mass is 16.5. The molecule has 4 atom stereocenters. The van der Waals surface area contributed by atoms with Gasteiger partial charge in [-0.3, -0.25) is 47.9 Å². The lowest BCUT2D eigenvalue weighted by Gasteiger charge is -2.14. The number of Topliss-reactive ketones (excluding diaryl/α,β-unsaturated/α-hetero) is 4. The van der Waals surface area contributed by atoms with Gasteiger partial charge in [0.25, 0.3) is 0 Å². The summed E-state index contributed by atoms with van der Waals surface area (Å²) in [7, 11) is 0. The van der Waals surface area contributed by atoms with Gasteiger partial charge in [-0.05, 0) is 140 Å². The van der Waals surface area contributed by atoms with Gasteiger partial charge in [0, 0.05) is 89.8 Å². The molecular weight excluding hydrogens is 1630 g/mol. The summed E-state index contributed by atoms with van der Waals surface area (Å²) in [6.07, 6.45) is 23.3. The summed E-state index contributed by atoms with van der Waals surface area (Å²) in [5, 5.41) is 52.6. The number of aliphatic carboxylic acids is 2. The number of benzene rings is 2. The largest absolute Gasteiger partial charge is 0.494 e. The minimum Gasteiger partial charge on any atom is -0.494 e. The number of likely N-dealkylation sites (N-methyl/N-ethyl adjacent to an activating group) is 1. The highest BCUT2D eigenvalue weighted by Gasteiger charge is 2.23. The van der Waals surface area contributed by atoms with Crippen LogP contribution in [0.3, 0.4) is 0 Å². The molecule has 0 unspecified atom stereocenters. The van der Waals surface area contributed by atoms with Crippen LogP contribution in [0.15, 0.2) is 48.5 Å². The van der Waals surface area contributed by atoms with Crippen molar-refractivity contribution in [1.29, 1.82) is 0 Å². The fourth-order valence-electron chi connectivity index (χ4n) is 11.5. The lowest BCUT2D eigenvalue weighted by molar-refractivity contribution is -0.142. The molecule has 2 rings (SSSR count). The zero-order valence-corrected chi connectivity index (χ0v) is 74.7. The summed E-state index contributed by atoms with van der Waals surface area (Å²) in [5.74, 6) is -4.12. The third-order valence-electron chi connectivity index (χ3n) is 19.2. The van der Waals surface area contributed by atoms with Crippen molar-refractivity contribution < 1.29 is 135 Å². The van der Waals surface area contributed by atoms with Gasteiger partial charge in [0.2, 0.25) is 35.4 Å². The van der Waals surface area contributed by atoms with Crippen LogP contribution in [0, 0.1) is 11.8 Å². The first kappa shape index (κ1) is 118. The minimum atomic E-state index is -1.20. The Bertz CT molecular complexity index is 3240. The number of ether oxygens (including phenoxy) is 10. The number of carboxylic acid groups (broad SMARTS) is 4. The summed E-state index contributed by atoms with van der Waals surface area (Å²) in [4.78, 5) is 163. The fraction of sp³-hybridized carbons (Fsp3) is 0.714. The van der Waals surface area contributed by atoms with Crippen molar-refractivity contribution >= 4 is 82.5 Å². The van der Waals surface area contributed by atoms with Crippen molar-refractivity contribution in [3.05, 3.63) is 59.7 Å². The van der Waals surface area contributed by atoms with E-state index in [0.717, 1.165) is 103 Å². The predicted octanol–water partition coefficient (Wildman–Crippen LogP) is 11.0. The lowest BCUT2D eigenvalue weighted by atomic mass is 9.99. The summed E-state index contributed by atoms with van der Waals surface area (Å²) < 4.78 is 53.9. The van der Waals surface area contributed by atoms with Crippen molar-refractivity contribution in [3.63, 3.8) is 0 Å². The predicted molar refractivity (Wildman–Crippen MR) is 471 cm³/mol. The van der Waals surface area contributed by atoms with Gasteiger partial charge in [-0.25, -0.2) is 19.2 Å². The lowest BCUT2D eigenvalue weighted by Crippen LogP contribution is -2.41. The molecule has 10 N–H and O–H groups in total. The molecule has 0 saturated carbocycles. The van der Waals surface area contributed by atoms with E-state index >= 15 is 0 Å². The van der Waals surface area contributed by atoms with Crippen LogP contribution in [-0.2, 0) is 95.4 Å². The summed E-state index contributed by atoms with van der Waals surface area (Å²) in [5.41, 5.74) is 0.435. The van der Waals surface area contributed by atoms with E-state index in [1.165, 1.54) is 49.9 Å². The number of amides is 6. The molecule has 0 spiro atoms. The van der Waals surface area contributed by atoms with Gasteiger partial charge >= 0.3 is 23.9 Å². The number of hydrogen-bond donors (Lipinski definition) is 10. The van der Waals surface area contributed by atoms with E-state index in [4.69, 9.17) is 57.6 Å². The fourth-order valence-corrected chi connectivity index (χ4v) is 11.5. The molecule has 714 valence electrons. The van der Waals surface area contributed by atoms with Gasteiger partial charge < -0.3 is 99.7 Å². The Labute approximate surface area is 740 Å². The molecule has 34 heteroatoms. The number of ketones is 4. The summed E-state index contributed by atoms with van der Waals surface area (Å²) >= 11 is 0. The van der Waals surface area contributed by atoms with Gasteiger partial charge in [0.15, 0.2) is 5.78 Å². The highest BCUT2D eigenvalue weighted by molar-refractivity contribution is 5.89. The number of unbranched alkanes of at least 4 members (excludes halogenated alkanes) is 16. The molecule has 0 aromatic heterocycles. The average Bonchev–Trinajstić information content (AvgIpc) is 0.910. The Morgan fingerprint density at radius 1 is 0.304 bits per heavy atom. The van der Waals surface area contributed by atoms with Crippen LogP contribution in [0.25, 0.3) is 0 Å². The Morgan fingerprint density at radius 3 is 1.05 bits per heavy atom. The molecule has 0 heterocycles. The Morgan fingerprint density at radius 2 is 0.648 bits per heavy atom. The van der Waals surface area contributed by atoms with Crippen molar-refractivity contribution in [2.75, 3.05) is 145 Å². The van der Waals surface area contributed by atoms with Crippen LogP contribution in [0.2, 0.25) is 0 Å². The number of nitrogens with one attached hydrogen (secondary N) is 6. The van der Waals surface area contributed by atoms with Gasteiger partial charge in [0.05, 0.1) is 90.4 Å². The third-order valence-corrected chi connectivity index (χ3v) is 19.2. The molecule has 0 aliphatic carbocycles. The number of aromatic carboxylic acids is 2.